The summed E-state index contributed by atoms with van der Waals surface area (Å²) in [4.78, 5) is 0. The van der Waals surface area contributed by atoms with Crippen LogP contribution in [0.25, 0.3) is 0 Å². The average Bonchev–Trinajstić information content (AvgIpc) is 3.22. The Kier molecular flexibility index (Phi) is 5.16. The lowest BCUT2D eigenvalue weighted by molar-refractivity contribution is -0.130. The van der Waals surface area contributed by atoms with Gasteiger partial charge in [-0.3, -0.25) is 4.68 Å². The number of aromatic nitrogens is 2. The summed E-state index contributed by atoms with van der Waals surface area (Å²) in [6.45, 7) is 0.0913. The summed E-state index contributed by atoms with van der Waals surface area (Å²) in [7, 11) is -2.14. The molecule has 0 radical (unpaired) electrons. The Balaban J connectivity index is 1.84. The van der Waals surface area contributed by atoms with Crippen molar-refractivity contribution in [3.63, 3.8) is 0 Å². The van der Waals surface area contributed by atoms with E-state index in [9.17, 15) is 21.6 Å². The van der Waals surface area contributed by atoms with Crippen molar-refractivity contribution in [2.45, 2.75) is 70.1 Å². The maximum Gasteiger partial charge on any atom is 0.390 e. The highest BCUT2D eigenvalue weighted by atomic mass is 32.2. The van der Waals surface area contributed by atoms with E-state index in [0.717, 1.165) is 43.4 Å². The first kappa shape index (κ1) is 18.7. The van der Waals surface area contributed by atoms with Gasteiger partial charge in [0, 0.05) is 18.8 Å². The molecule has 0 amide bonds. The van der Waals surface area contributed by atoms with Crippen molar-refractivity contribution >= 4 is 10.0 Å². The molecule has 1 aromatic heterocycles. The van der Waals surface area contributed by atoms with E-state index >= 15 is 0 Å². The normalized spacial score (nSPS) is 19.1. The summed E-state index contributed by atoms with van der Waals surface area (Å²) in [6.07, 6.45) is 0.258. The molecule has 0 spiro atoms. The quantitative estimate of drug-likeness (QED) is 0.764. The summed E-state index contributed by atoms with van der Waals surface area (Å²) in [5, 5.41) is 4.45. The molecule has 5 nitrogen and oxygen atoms in total. The number of alkyl halides is 3. The third-order valence-electron chi connectivity index (χ3n) is 5.24. The maximum absolute atomic E-state index is 12.7. The minimum Gasteiger partial charge on any atom is -0.272 e. The Morgan fingerprint density at radius 2 is 1.88 bits per heavy atom. The molecular weight excluding hydrogens is 355 g/mol. The Hall–Kier alpha value is -1.09. The van der Waals surface area contributed by atoms with Crippen molar-refractivity contribution < 1.29 is 21.6 Å². The van der Waals surface area contributed by atoms with E-state index in [2.05, 4.69) is 5.10 Å². The third kappa shape index (κ3) is 4.19. The van der Waals surface area contributed by atoms with Gasteiger partial charge in [-0.05, 0) is 37.7 Å². The zero-order chi connectivity index (χ0) is 18.2. The molecule has 0 aromatic carbocycles. The van der Waals surface area contributed by atoms with Crippen LogP contribution in [0.4, 0.5) is 13.2 Å². The summed E-state index contributed by atoms with van der Waals surface area (Å²) in [5.74, 6) is -0.887. The van der Waals surface area contributed by atoms with Gasteiger partial charge in [-0.2, -0.15) is 22.6 Å². The lowest BCUT2D eigenvalue weighted by atomic mass is 10.2. The molecule has 1 saturated carbocycles. The van der Waals surface area contributed by atoms with Crippen LogP contribution in [0, 0.1) is 0 Å². The minimum absolute atomic E-state index is 0.0913. The first-order valence-corrected chi connectivity index (χ1v) is 10.4. The van der Waals surface area contributed by atoms with Gasteiger partial charge in [-0.1, -0.05) is 12.8 Å². The van der Waals surface area contributed by atoms with Crippen LogP contribution in [0.3, 0.4) is 0 Å². The van der Waals surface area contributed by atoms with Gasteiger partial charge in [0.1, 0.15) is 0 Å². The standard InChI is InChI=1S/C16H24F3N3O2S/c1-21-15-8-4-7-13(15)14(20-21)11-22(12-5-2-3-6-12)25(23,24)10-9-16(17,18)19/h12H,2-11H2,1H3. The second-order valence-corrected chi connectivity index (χ2v) is 9.05. The highest BCUT2D eigenvalue weighted by Crippen LogP contribution is 2.32. The second kappa shape index (κ2) is 6.90. The first-order valence-electron chi connectivity index (χ1n) is 8.77. The SMILES string of the molecule is Cn1nc(CN(C2CCCC2)S(=O)(=O)CCC(F)(F)F)c2c1CCC2. The van der Waals surface area contributed by atoms with E-state index in [1.54, 1.807) is 4.68 Å². The molecule has 2 aliphatic carbocycles. The zero-order valence-corrected chi connectivity index (χ0v) is 15.2. The fourth-order valence-corrected chi connectivity index (χ4v) is 5.69. The van der Waals surface area contributed by atoms with Crippen LogP contribution in [0.2, 0.25) is 0 Å². The molecule has 0 bridgehead atoms. The number of fused-ring (bicyclic) bond motifs is 1. The van der Waals surface area contributed by atoms with Gasteiger partial charge >= 0.3 is 6.18 Å². The number of nitrogens with zero attached hydrogens (tertiary/aromatic N) is 3. The minimum atomic E-state index is -4.47. The lowest BCUT2D eigenvalue weighted by Gasteiger charge is -2.28. The monoisotopic (exact) mass is 379 g/mol. The fourth-order valence-electron chi connectivity index (χ4n) is 3.98. The van der Waals surface area contributed by atoms with Gasteiger partial charge in [0.2, 0.25) is 10.0 Å². The number of halogens is 3. The van der Waals surface area contributed by atoms with Crippen molar-refractivity contribution in [2.24, 2.45) is 7.05 Å². The zero-order valence-electron chi connectivity index (χ0n) is 14.3. The molecule has 3 rings (SSSR count). The summed E-state index contributed by atoms with van der Waals surface area (Å²) >= 11 is 0. The van der Waals surface area contributed by atoms with E-state index in [-0.39, 0.29) is 12.6 Å². The Morgan fingerprint density at radius 1 is 1.20 bits per heavy atom. The van der Waals surface area contributed by atoms with E-state index in [4.69, 9.17) is 0 Å². The number of aryl methyl sites for hydroxylation is 1. The molecule has 0 atom stereocenters. The Bertz CT molecular complexity index is 722. The third-order valence-corrected chi connectivity index (χ3v) is 7.10. The fraction of sp³-hybridized carbons (Fsp3) is 0.812. The maximum atomic E-state index is 12.7. The van der Waals surface area contributed by atoms with E-state index in [1.807, 2.05) is 7.05 Å². The van der Waals surface area contributed by atoms with Crippen molar-refractivity contribution in [1.82, 2.24) is 14.1 Å². The summed E-state index contributed by atoms with van der Waals surface area (Å²) < 4.78 is 66.0. The Morgan fingerprint density at radius 3 is 2.52 bits per heavy atom. The number of sulfonamides is 1. The predicted octanol–water partition coefficient (Wildman–Crippen LogP) is 2.94. The van der Waals surface area contributed by atoms with E-state index in [1.165, 1.54) is 4.31 Å². The van der Waals surface area contributed by atoms with E-state index < -0.39 is 28.4 Å². The molecule has 1 aromatic rings. The van der Waals surface area contributed by atoms with Crippen molar-refractivity contribution in [1.29, 1.82) is 0 Å². The van der Waals surface area contributed by atoms with Crippen molar-refractivity contribution in [2.75, 3.05) is 5.75 Å². The molecule has 2 aliphatic rings. The highest BCUT2D eigenvalue weighted by Gasteiger charge is 2.37. The summed E-state index contributed by atoms with van der Waals surface area (Å²) in [5.41, 5.74) is 2.91. The van der Waals surface area contributed by atoms with Gasteiger partial charge < -0.3 is 0 Å². The molecular formula is C16H24F3N3O2S. The predicted molar refractivity (Wildman–Crippen MR) is 87.5 cm³/mol. The van der Waals surface area contributed by atoms with Crippen LogP contribution in [0.15, 0.2) is 0 Å². The number of hydrogen-bond donors (Lipinski definition) is 0. The van der Waals surface area contributed by atoms with E-state index in [0.29, 0.717) is 18.5 Å². The van der Waals surface area contributed by atoms with Gasteiger partial charge in [-0.25, -0.2) is 8.42 Å². The van der Waals surface area contributed by atoms with Gasteiger partial charge in [0.05, 0.1) is 24.4 Å². The van der Waals surface area contributed by atoms with Crippen LogP contribution in [0.1, 0.15) is 55.5 Å². The average molecular weight is 379 g/mol. The molecule has 142 valence electrons. The van der Waals surface area contributed by atoms with Gasteiger partial charge in [-0.15, -0.1) is 0 Å². The highest BCUT2D eigenvalue weighted by molar-refractivity contribution is 7.89. The van der Waals surface area contributed by atoms with Crippen LogP contribution in [0.5, 0.6) is 0 Å². The molecule has 0 aliphatic heterocycles. The molecule has 9 heteroatoms. The molecule has 1 fully saturated rings. The number of hydrogen-bond acceptors (Lipinski definition) is 3. The van der Waals surface area contributed by atoms with Crippen LogP contribution in [-0.4, -0.2) is 40.5 Å². The molecule has 1 heterocycles. The largest absolute Gasteiger partial charge is 0.390 e. The smallest absolute Gasteiger partial charge is 0.272 e. The van der Waals surface area contributed by atoms with Gasteiger partial charge in [0.15, 0.2) is 0 Å². The van der Waals surface area contributed by atoms with Crippen LogP contribution in [-0.2, 0) is 36.5 Å². The lowest BCUT2D eigenvalue weighted by Crippen LogP contribution is -2.40. The summed E-state index contributed by atoms with van der Waals surface area (Å²) in [6, 6.07) is -0.211. The molecule has 0 saturated heterocycles. The van der Waals surface area contributed by atoms with Crippen LogP contribution < -0.4 is 0 Å². The topological polar surface area (TPSA) is 55.2 Å². The van der Waals surface area contributed by atoms with Crippen LogP contribution >= 0.6 is 0 Å². The molecule has 0 unspecified atom stereocenters. The van der Waals surface area contributed by atoms with Gasteiger partial charge in [0.25, 0.3) is 0 Å². The van der Waals surface area contributed by atoms with Crippen molar-refractivity contribution in [3.8, 4) is 0 Å². The first-order chi connectivity index (χ1) is 11.7. The second-order valence-electron chi connectivity index (χ2n) is 7.01. The molecule has 25 heavy (non-hydrogen) atoms. The molecule has 0 N–H and O–H groups in total. The van der Waals surface area contributed by atoms with Crippen molar-refractivity contribution in [3.05, 3.63) is 17.0 Å². The number of rotatable bonds is 6. The Labute approximate surface area is 146 Å².